The quantitative estimate of drug-likeness (QED) is 0.0782. The molecular formula is C77H66N20O6. The largest absolute Gasteiger partial charge is 0.382 e. The molecule has 12 aromatic rings. The minimum atomic E-state index is -0.208. The molecule has 6 N–H and O–H groups in total. The Bertz CT molecular complexity index is 5270. The molecule has 0 saturated carbocycles. The van der Waals surface area contributed by atoms with Gasteiger partial charge in [0.05, 0.1) is 20.0 Å². The number of fused-ring (bicyclic) bond motifs is 3. The summed E-state index contributed by atoms with van der Waals surface area (Å²) in [6, 6.07) is 39.8. The summed E-state index contributed by atoms with van der Waals surface area (Å²) >= 11 is 0. The normalized spacial score (nSPS) is 13.1. The molecule has 3 saturated heterocycles. The van der Waals surface area contributed by atoms with Crippen molar-refractivity contribution >= 4 is 86.9 Å². The Morgan fingerprint density at radius 1 is 0.379 bits per heavy atom. The molecule has 26 heteroatoms. The molecule has 0 aliphatic carbocycles. The molecule has 510 valence electrons. The molecule has 3 aliphatic rings. The number of nitrogens with two attached hydrogens (primary N) is 3. The number of aryl methyl sites for hydroxylation is 1. The van der Waals surface area contributed by atoms with Gasteiger partial charge in [-0.15, -0.1) is 0 Å². The third kappa shape index (κ3) is 13.8. The van der Waals surface area contributed by atoms with Gasteiger partial charge in [0.15, 0.2) is 5.78 Å². The van der Waals surface area contributed by atoms with E-state index in [0.29, 0.717) is 162 Å². The molecule has 0 unspecified atom stereocenters. The summed E-state index contributed by atoms with van der Waals surface area (Å²) in [5, 5.41) is 0. The summed E-state index contributed by atoms with van der Waals surface area (Å²) in [4.78, 5) is 122. The van der Waals surface area contributed by atoms with E-state index in [4.69, 9.17) is 32.2 Å². The molecule has 0 bridgehead atoms. The van der Waals surface area contributed by atoms with Gasteiger partial charge in [0.25, 0.3) is 17.7 Å². The summed E-state index contributed by atoms with van der Waals surface area (Å²) in [5.74, 6) is 17.8. The topological polar surface area (TPSA) is 316 Å². The average Bonchev–Trinajstić information content (AvgIpc) is 1.62. The number of ketones is 3. The lowest BCUT2D eigenvalue weighted by Crippen LogP contribution is -2.30. The van der Waals surface area contributed by atoms with E-state index >= 15 is 0 Å². The first-order chi connectivity index (χ1) is 50.1. The third-order valence-electron chi connectivity index (χ3n) is 17.5. The van der Waals surface area contributed by atoms with Gasteiger partial charge in [0.2, 0.25) is 29.4 Å². The number of anilines is 6. The molecule has 3 amide bonds. The van der Waals surface area contributed by atoms with Gasteiger partial charge in [-0.2, -0.15) is 0 Å². The number of hydrogen-bond acceptors (Lipinski definition) is 20. The van der Waals surface area contributed by atoms with E-state index in [1.54, 1.807) is 164 Å². The van der Waals surface area contributed by atoms with Gasteiger partial charge < -0.3 is 46.6 Å². The maximum atomic E-state index is 12.9. The molecule has 4 aromatic carbocycles. The van der Waals surface area contributed by atoms with Crippen LogP contribution < -0.4 is 31.9 Å². The Morgan fingerprint density at radius 3 is 1.12 bits per heavy atom. The van der Waals surface area contributed by atoms with Crippen LogP contribution in [0.25, 0.3) is 50.3 Å². The van der Waals surface area contributed by atoms with Crippen molar-refractivity contribution in [2.75, 3.05) is 91.2 Å². The summed E-state index contributed by atoms with van der Waals surface area (Å²) < 4.78 is 5.66. The zero-order chi connectivity index (χ0) is 71.8. The van der Waals surface area contributed by atoms with Crippen LogP contribution in [0, 0.1) is 42.4 Å². The van der Waals surface area contributed by atoms with Crippen LogP contribution in [0.3, 0.4) is 0 Å². The van der Waals surface area contributed by atoms with E-state index in [0.717, 1.165) is 22.3 Å². The van der Waals surface area contributed by atoms with E-state index < -0.39 is 0 Å². The summed E-state index contributed by atoms with van der Waals surface area (Å²) in [6.45, 7) is 11.5. The number of imidazole rings is 3. The van der Waals surface area contributed by atoms with E-state index in [2.05, 4.69) is 60.4 Å². The molecule has 0 spiro atoms. The van der Waals surface area contributed by atoms with Crippen LogP contribution in [0.15, 0.2) is 183 Å². The van der Waals surface area contributed by atoms with Gasteiger partial charge in [-0.1, -0.05) is 121 Å². The molecule has 3 fully saturated rings. The van der Waals surface area contributed by atoms with Crippen LogP contribution in [0.1, 0.15) is 74.4 Å². The first kappa shape index (κ1) is 67.5. The van der Waals surface area contributed by atoms with E-state index in [9.17, 15) is 28.8 Å². The molecule has 0 atom stereocenters. The van der Waals surface area contributed by atoms with Gasteiger partial charge >= 0.3 is 0 Å². The SMILES string of the molecule is CC#CC(=O)N1CCN(c2nc(-c3ccc(C(=O)c4ccccc4)cc3)c3c(N)nccn23)C1.CC#CC(=O)N1CCN(c2nc(-c3ccc(C(=O)c4ccccn4)c(C)c3)c3c(N)nccn23)C1.CC#CC(=O)N1CCN(c2nc(-c3ccc(C(=O)c4ccccn4)cc3)c3c(N)nccn23)C1. The zero-order valence-electron chi connectivity index (χ0n) is 56.5. The number of aromatic nitrogens is 11. The lowest BCUT2D eigenvalue weighted by Gasteiger charge is -2.17. The van der Waals surface area contributed by atoms with Crippen molar-refractivity contribution in [2.24, 2.45) is 0 Å². The van der Waals surface area contributed by atoms with Crippen molar-refractivity contribution in [3.8, 4) is 69.3 Å². The van der Waals surface area contributed by atoms with Crippen LogP contribution in [-0.4, -0.2) is 162 Å². The predicted octanol–water partition coefficient (Wildman–Crippen LogP) is 7.62. The number of nitrogen functional groups attached to an aromatic ring is 3. The zero-order valence-corrected chi connectivity index (χ0v) is 56.5. The molecule has 15 rings (SSSR count). The maximum Gasteiger partial charge on any atom is 0.299 e. The highest BCUT2D eigenvalue weighted by Gasteiger charge is 2.32. The molecule has 11 heterocycles. The third-order valence-corrected chi connectivity index (χ3v) is 17.5. The second-order valence-electron chi connectivity index (χ2n) is 23.9. The lowest BCUT2D eigenvalue weighted by atomic mass is 9.98. The van der Waals surface area contributed by atoms with Gasteiger partial charge in [-0.25, -0.2) is 29.9 Å². The van der Waals surface area contributed by atoms with Crippen LogP contribution in [0.5, 0.6) is 0 Å². The Labute approximate surface area is 591 Å². The minimum Gasteiger partial charge on any atom is -0.382 e. The smallest absolute Gasteiger partial charge is 0.299 e. The number of hydrogen-bond donors (Lipinski definition) is 3. The number of pyridine rings is 2. The van der Waals surface area contributed by atoms with Crippen molar-refractivity contribution in [1.82, 2.24) is 67.8 Å². The first-order valence-electron chi connectivity index (χ1n) is 32.7. The van der Waals surface area contributed by atoms with Crippen molar-refractivity contribution in [2.45, 2.75) is 27.7 Å². The lowest BCUT2D eigenvalue weighted by molar-refractivity contribution is -0.124. The minimum absolute atomic E-state index is 0.0410. The summed E-state index contributed by atoms with van der Waals surface area (Å²) in [5.41, 5.74) is 29.1. The molecule has 8 aromatic heterocycles. The van der Waals surface area contributed by atoms with Crippen LogP contribution in [0.2, 0.25) is 0 Å². The highest BCUT2D eigenvalue weighted by molar-refractivity contribution is 6.10. The summed E-state index contributed by atoms with van der Waals surface area (Å²) in [7, 11) is 0. The van der Waals surface area contributed by atoms with Crippen molar-refractivity contribution < 1.29 is 28.8 Å². The number of carbonyl (C=O) groups is 6. The number of amides is 3. The number of benzene rings is 4. The highest BCUT2D eigenvalue weighted by Crippen LogP contribution is 2.37. The van der Waals surface area contributed by atoms with E-state index in [1.165, 1.54) is 0 Å². The summed E-state index contributed by atoms with van der Waals surface area (Å²) in [6.07, 6.45) is 13.5. The fourth-order valence-corrected chi connectivity index (χ4v) is 12.4. The Morgan fingerprint density at radius 2 is 0.738 bits per heavy atom. The Balaban J connectivity index is 0.000000138. The van der Waals surface area contributed by atoms with Crippen LogP contribution >= 0.6 is 0 Å². The van der Waals surface area contributed by atoms with Crippen molar-refractivity contribution in [1.29, 1.82) is 0 Å². The highest BCUT2D eigenvalue weighted by atomic mass is 16.2. The van der Waals surface area contributed by atoms with E-state index in [-0.39, 0.29) is 35.1 Å². The van der Waals surface area contributed by atoms with Gasteiger partial charge in [-0.3, -0.25) is 51.9 Å². The number of carbonyl (C=O) groups excluding carboxylic acids is 6. The van der Waals surface area contributed by atoms with Gasteiger partial charge in [0, 0.05) is 128 Å². The van der Waals surface area contributed by atoms with Gasteiger partial charge in [0.1, 0.15) is 62.5 Å². The molecule has 103 heavy (non-hydrogen) atoms. The standard InChI is InChI=1S/C26H23N7O2.C26H22N6O2.C25H21N7O2/c1-3-6-21(34)31-13-14-32(16-31)26-30-22(23-25(27)29-11-12-33(23)26)18-8-9-19(17(2)15-18)24(35)20-7-4-5-10-28-20;1-2-6-21(33)30-15-16-31(17-30)26-29-22(23-25(27)28-13-14-32(23)26)18-9-11-20(12-10-18)24(34)19-7-4-3-5-8-19;1-2-5-20(33)30-14-15-31(16-30)25-29-21(22-24(26)28-12-13-32(22)25)17-7-9-18(10-8-17)23(34)19-6-3-4-11-27-19/h4-5,7-12,15H,13-14,16H2,1-2H3,(H2,27,29);3-5,7-14H,15-17H2,1H3,(H2,27,28);3-4,6-13H,14-16H2,1H3,(H2,26,28). The van der Waals surface area contributed by atoms with Crippen LogP contribution in [-0.2, 0) is 14.4 Å². The maximum absolute atomic E-state index is 12.9. The second kappa shape index (κ2) is 29.6. The molecule has 3 aliphatic heterocycles. The number of nitrogens with zero attached hydrogens (tertiary/aromatic N) is 17. The molecular weight excluding hydrogens is 1300 g/mol. The van der Waals surface area contributed by atoms with Crippen molar-refractivity contribution in [3.63, 3.8) is 0 Å². The Hall–Kier alpha value is -14.1. The molecule has 0 radical (unpaired) electrons. The monoisotopic (exact) mass is 1370 g/mol. The second-order valence-corrected chi connectivity index (χ2v) is 23.9. The van der Waals surface area contributed by atoms with Crippen LogP contribution in [0.4, 0.5) is 35.3 Å². The fraction of sp³-hybridized carbons (Fsp3) is 0.169. The van der Waals surface area contributed by atoms with E-state index in [1.807, 2.05) is 89.4 Å². The van der Waals surface area contributed by atoms with Crippen molar-refractivity contribution in [3.05, 3.63) is 222 Å². The first-order valence-corrected chi connectivity index (χ1v) is 32.7. The molecule has 26 nitrogen and oxygen atoms in total. The average molecular weight is 1370 g/mol. The predicted molar refractivity (Wildman–Crippen MR) is 391 cm³/mol. The van der Waals surface area contributed by atoms with Gasteiger partial charge in [-0.05, 0) is 81.4 Å². The number of rotatable bonds is 12. The Kier molecular flexibility index (Phi) is 19.4. The fourth-order valence-electron chi connectivity index (χ4n) is 12.4.